The number of nitrogen functional groups attached to an aromatic ring is 1. The van der Waals surface area contributed by atoms with Gasteiger partial charge in [0.25, 0.3) is 0 Å². The number of anilines is 1. The molecule has 1 aromatic rings. The van der Waals surface area contributed by atoms with Gasteiger partial charge in [0.05, 0.1) is 12.7 Å². The van der Waals surface area contributed by atoms with Crippen molar-refractivity contribution in [1.29, 1.82) is 0 Å². The van der Waals surface area contributed by atoms with E-state index in [-0.39, 0.29) is 18.8 Å². The van der Waals surface area contributed by atoms with Crippen LogP contribution in [0.25, 0.3) is 0 Å². The zero-order valence-electron chi connectivity index (χ0n) is 13.6. The van der Waals surface area contributed by atoms with Gasteiger partial charge in [-0.15, -0.1) is 0 Å². The predicted octanol–water partition coefficient (Wildman–Crippen LogP) is 0.755. The van der Waals surface area contributed by atoms with Gasteiger partial charge in [-0.3, -0.25) is 4.57 Å². The van der Waals surface area contributed by atoms with E-state index < -0.39 is 24.1 Å². The fourth-order valence-electron chi connectivity index (χ4n) is 2.68. The third kappa shape index (κ3) is 4.19. The fourth-order valence-corrected chi connectivity index (χ4v) is 2.68. The van der Waals surface area contributed by atoms with Crippen molar-refractivity contribution >= 4 is 5.82 Å². The highest BCUT2D eigenvalue weighted by Crippen LogP contribution is 2.28. The molecule has 2 heterocycles. The van der Waals surface area contributed by atoms with Gasteiger partial charge in [0.1, 0.15) is 18.1 Å². The second kappa shape index (κ2) is 7.72. The second-order valence-corrected chi connectivity index (χ2v) is 5.97. The molecule has 0 spiro atoms. The average Bonchev–Trinajstić information content (AvgIpc) is 2.88. The van der Waals surface area contributed by atoms with Gasteiger partial charge in [0.15, 0.2) is 0 Å². The van der Waals surface area contributed by atoms with Gasteiger partial charge in [-0.25, -0.2) is 4.79 Å². The number of hydrogen-bond donors (Lipinski definition) is 3. The van der Waals surface area contributed by atoms with E-state index >= 15 is 0 Å². The number of nitrogens with zero attached hydrogens (tertiary/aromatic N) is 2. The maximum atomic E-state index is 12.1. The maximum Gasteiger partial charge on any atom is 0.351 e. The first-order chi connectivity index (χ1) is 11.0. The molecule has 0 unspecified atom stereocenters. The smallest absolute Gasteiger partial charge is 0.351 e. The van der Waals surface area contributed by atoms with Crippen LogP contribution in [0, 0.1) is 0 Å². The van der Waals surface area contributed by atoms with Crippen LogP contribution in [0.5, 0.6) is 0 Å². The Labute approximate surface area is 135 Å². The lowest BCUT2D eigenvalue weighted by molar-refractivity contribution is -0.0459. The molecule has 0 aromatic carbocycles. The van der Waals surface area contributed by atoms with Crippen molar-refractivity contribution in [2.75, 3.05) is 12.3 Å². The van der Waals surface area contributed by atoms with E-state index in [1.807, 2.05) is 6.92 Å². The van der Waals surface area contributed by atoms with Crippen molar-refractivity contribution in [3.05, 3.63) is 33.9 Å². The largest absolute Gasteiger partial charge is 0.394 e. The van der Waals surface area contributed by atoms with Crippen molar-refractivity contribution in [1.82, 2.24) is 9.55 Å². The van der Waals surface area contributed by atoms with Gasteiger partial charge in [-0.05, 0) is 19.8 Å². The summed E-state index contributed by atoms with van der Waals surface area (Å²) in [4.78, 5) is 15.9. The molecule has 0 bridgehead atoms. The molecule has 23 heavy (non-hydrogen) atoms. The summed E-state index contributed by atoms with van der Waals surface area (Å²) in [5.74, 6) is 0.216. The summed E-state index contributed by atoms with van der Waals surface area (Å²) >= 11 is 0. The van der Waals surface area contributed by atoms with Gasteiger partial charge in [0, 0.05) is 18.2 Å². The molecule has 0 amide bonds. The van der Waals surface area contributed by atoms with E-state index in [1.54, 1.807) is 6.20 Å². The topological polar surface area (TPSA) is 111 Å². The number of hydrogen-bond acceptors (Lipinski definition) is 6. The third-order valence-corrected chi connectivity index (χ3v) is 4.01. The van der Waals surface area contributed by atoms with Crippen molar-refractivity contribution in [2.45, 2.75) is 58.0 Å². The monoisotopic (exact) mass is 323 g/mol. The number of ether oxygens (including phenoxy) is 1. The predicted molar refractivity (Wildman–Crippen MR) is 86.9 cm³/mol. The summed E-state index contributed by atoms with van der Waals surface area (Å²) in [6.07, 6.45) is 4.58. The minimum Gasteiger partial charge on any atom is -0.394 e. The Morgan fingerprint density at radius 3 is 2.96 bits per heavy atom. The SMILES string of the molecule is CCC/C=C(\C)Cc1cn([C@H]2C[C@H](O)[C@@H](CO)O2)c(=O)nc1N. The Bertz CT molecular complexity index is 626. The first-order valence-corrected chi connectivity index (χ1v) is 7.93. The van der Waals surface area contributed by atoms with Gasteiger partial charge in [-0.2, -0.15) is 4.98 Å². The maximum absolute atomic E-state index is 12.1. The van der Waals surface area contributed by atoms with E-state index in [0.29, 0.717) is 6.42 Å². The lowest BCUT2D eigenvalue weighted by atomic mass is 10.1. The average molecular weight is 323 g/mol. The van der Waals surface area contributed by atoms with Crippen LogP contribution < -0.4 is 11.4 Å². The molecule has 1 aromatic heterocycles. The quantitative estimate of drug-likeness (QED) is 0.666. The minimum absolute atomic E-state index is 0.216. The minimum atomic E-state index is -0.802. The van der Waals surface area contributed by atoms with Crippen molar-refractivity contribution in [3.63, 3.8) is 0 Å². The zero-order chi connectivity index (χ0) is 17.0. The van der Waals surface area contributed by atoms with Crippen LogP contribution in [0.4, 0.5) is 5.82 Å². The van der Waals surface area contributed by atoms with Crippen LogP contribution in [0.3, 0.4) is 0 Å². The molecule has 7 nitrogen and oxygen atoms in total. The van der Waals surface area contributed by atoms with E-state index in [0.717, 1.165) is 24.0 Å². The summed E-state index contributed by atoms with van der Waals surface area (Å²) in [6, 6.07) is 0. The number of unbranched alkanes of at least 4 members (excludes halogenated alkanes) is 1. The molecule has 1 fully saturated rings. The molecule has 128 valence electrons. The highest BCUT2D eigenvalue weighted by molar-refractivity contribution is 5.39. The Hall–Kier alpha value is -1.70. The molecular formula is C16H25N3O4. The number of allylic oxidation sites excluding steroid dienone is 2. The van der Waals surface area contributed by atoms with Gasteiger partial charge in [-0.1, -0.05) is 25.0 Å². The van der Waals surface area contributed by atoms with E-state index in [1.165, 1.54) is 4.57 Å². The van der Waals surface area contributed by atoms with Gasteiger partial charge in [0.2, 0.25) is 0 Å². The molecule has 1 saturated heterocycles. The normalized spacial score (nSPS) is 25.0. The molecule has 7 heteroatoms. The summed E-state index contributed by atoms with van der Waals surface area (Å²) in [5, 5.41) is 19.0. The molecule has 1 aliphatic heterocycles. The van der Waals surface area contributed by atoms with Crippen LogP contribution in [0.15, 0.2) is 22.6 Å². The molecule has 2 rings (SSSR count). The lowest BCUT2D eigenvalue weighted by Crippen LogP contribution is -2.29. The van der Waals surface area contributed by atoms with Crippen LogP contribution in [-0.2, 0) is 11.2 Å². The first-order valence-electron chi connectivity index (χ1n) is 7.93. The van der Waals surface area contributed by atoms with Gasteiger partial charge < -0.3 is 20.7 Å². The van der Waals surface area contributed by atoms with E-state index in [4.69, 9.17) is 15.6 Å². The highest BCUT2D eigenvalue weighted by Gasteiger charge is 2.35. The highest BCUT2D eigenvalue weighted by atomic mass is 16.5. The molecule has 0 aliphatic carbocycles. The molecule has 1 aliphatic rings. The molecule has 0 saturated carbocycles. The Kier molecular flexibility index (Phi) is 5.92. The Balaban J connectivity index is 2.25. The van der Waals surface area contributed by atoms with Crippen molar-refractivity contribution in [3.8, 4) is 0 Å². The molecule has 4 N–H and O–H groups in total. The lowest BCUT2D eigenvalue weighted by Gasteiger charge is -2.16. The number of aromatic nitrogens is 2. The van der Waals surface area contributed by atoms with Crippen LogP contribution >= 0.6 is 0 Å². The fraction of sp³-hybridized carbons (Fsp3) is 0.625. The summed E-state index contributed by atoms with van der Waals surface area (Å²) in [5.41, 5.74) is 7.26. The number of nitrogens with two attached hydrogens (primary N) is 1. The summed E-state index contributed by atoms with van der Waals surface area (Å²) < 4.78 is 6.87. The van der Waals surface area contributed by atoms with Gasteiger partial charge >= 0.3 is 5.69 Å². The summed E-state index contributed by atoms with van der Waals surface area (Å²) in [7, 11) is 0. The summed E-state index contributed by atoms with van der Waals surface area (Å²) in [6.45, 7) is 3.84. The molecule has 3 atom stereocenters. The Morgan fingerprint density at radius 1 is 1.61 bits per heavy atom. The number of aliphatic hydroxyl groups excluding tert-OH is 2. The van der Waals surface area contributed by atoms with Crippen molar-refractivity contribution in [2.24, 2.45) is 0 Å². The van der Waals surface area contributed by atoms with Crippen LogP contribution in [0.1, 0.15) is 44.9 Å². The van der Waals surface area contributed by atoms with E-state index in [2.05, 4.69) is 18.0 Å². The zero-order valence-corrected chi connectivity index (χ0v) is 13.6. The first kappa shape index (κ1) is 17.7. The van der Waals surface area contributed by atoms with Crippen molar-refractivity contribution < 1.29 is 14.9 Å². The third-order valence-electron chi connectivity index (χ3n) is 4.01. The van der Waals surface area contributed by atoms with E-state index in [9.17, 15) is 9.90 Å². The van der Waals surface area contributed by atoms with Crippen LogP contribution in [-0.4, -0.2) is 38.6 Å². The number of aliphatic hydroxyl groups is 2. The number of rotatable bonds is 6. The van der Waals surface area contributed by atoms with Crippen LogP contribution in [0.2, 0.25) is 0 Å². The molecular weight excluding hydrogens is 298 g/mol. The standard InChI is InChI=1S/C16H25N3O4/c1-3-4-5-10(2)6-11-8-19(16(22)18-15(11)17)14-7-12(21)13(9-20)23-14/h5,8,12-14,20-21H,3-4,6-7,9H2,1-2H3,(H2,17,18,22)/b10-5+/t12-,13+,14+/m0/s1. The Morgan fingerprint density at radius 2 is 2.35 bits per heavy atom. The second-order valence-electron chi connectivity index (χ2n) is 5.97. The molecule has 0 radical (unpaired) electrons.